The SMILES string of the molecule is Cn1c(C(F)(F)F)nn(C[NH+]2CCN(c3cccc[nH+]3)CC2)c1=S. The van der Waals surface area contributed by atoms with E-state index >= 15 is 0 Å². The number of piperazine rings is 1. The lowest BCUT2D eigenvalue weighted by molar-refractivity contribution is -0.924. The Morgan fingerprint density at radius 2 is 2.00 bits per heavy atom. The Hall–Kier alpha value is -1.94. The quantitative estimate of drug-likeness (QED) is 0.793. The molecule has 0 aromatic carbocycles. The first-order valence-corrected chi connectivity index (χ1v) is 8.03. The highest BCUT2D eigenvalue weighted by Crippen LogP contribution is 2.27. The molecule has 1 aliphatic heterocycles. The maximum absolute atomic E-state index is 12.9. The van der Waals surface area contributed by atoms with Crippen molar-refractivity contribution in [1.82, 2.24) is 14.3 Å². The monoisotopic (exact) mass is 360 g/mol. The van der Waals surface area contributed by atoms with E-state index in [1.54, 1.807) is 0 Å². The van der Waals surface area contributed by atoms with E-state index in [9.17, 15) is 13.2 Å². The molecule has 0 atom stereocenters. The number of aromatic amines is 1. The van der Waals surface area contributed by atoms with Crippen molar-refractivity contribution in [3.05, 3.63) is 35.0 Å². The molecule has 1 saturated heterocycles. The number of aromatic nitrogens is 4. The first-order chi connectivity index (χ1) is 11.4. The summed E-state index contributed by atoms with van der Waals surface area (Å²) in [5.41, 5.74) is 0. The minimum atomic E-state index is -4.50. The number of hydrogen-bond donors (Lipinski definition) is 1. The van der Waals surface area contributed by atoms with E-state index in [1.165, 1.54) is 11.7 Å². The van der Waals surface area contributed by atoms with Crippen LogP contribution in [-0.2, 0) is 19.9 Å². The topological polar surface area (TPSA) is 44.6 Å². The molecular formula is C14H19F3N6S+2. The maximum Gasteiger partial charge on any atom is 0.451 e. The molecule has 1 aliphatic rings. The van der Waals surface area contributed by atoms with Crippen molar-refractivity contribution in [2.24, 2.45) is 7.05 Å². The van der Waals surface area contributed by atoms with E-state index in [0.717, 1.165) is 41.5 Å². The summed E-state index contributed by atoms with van der Waals surface area (Å²) in [6, 6.07) is 5.90. The Balaban J connectivity index is 1.66. The number of H-pyrrole nitrogens is 1. The van der Waals surface area contributed by atoms with Crippen LogP contribution in [0.5, 0.6) is 0 Å². The highest BCUT2D eigenvalue weighted by molar-refractivity contribution is 7.71. The molecule has 1 fully saturated rings. The zero-order valence-electron chi connectivity index (χ0n) is 13.2. The van der Waals surface area contributed by atoms with Crippen molar-refractivity contribution in [3.63, 3.8) is 0 Å². The molecular weight excluding hydrogens is 341 g/mol. The molecule has 3 rings (SSSR count). The summed E-state index contributed by atoms with van der Waals surface area (Å²) in [6.07, 6.45) is -2.62. The number of rotatable bonds is 3. The molecule has 130 valence electrons. The van der Waals surface area contributed by atoms with Gasteiger partial charge in [0.1, 0.15) is 26.2 Å². The van der Waals surface area contributed by atoms with Crippen molar-refractivity contribution >= 4 is 18.0 Å². The molecule has 0 bridgehead atoms. The molecule has 24 heavy (non-hydrogen) atoms. The summed E-state index contributed by atoms with van der Waals surface area (Å²) in [4.78, 5) is 6.58. The molecule has 0 saturated carbocycles. The number of nitrogens with zero attached hydrogens (tertiary/aromatic N) is 4. The fourth-order valence-electron chi connectivity index (χ4n) is 2.85. The van der Waals surface area contributed by atoms with Gasteiger partial charge in [0.05, 0.1) is 6.20 Å². The van der Waals surface area contributed by atoms with E-state index < -0.39 is 12.0 Å². The molecule has 0 aliphatic carbocycles. The number of anilines is 1. The molecule has 10 heteroatoms. The zero-order chi connectivity index (χ0) is 17.3. The Labute approximate surface area is 142 Å². The first-order valence-electron chi connectivity index (χ1n) is 7.62. The number of quaternary nitrogens is 1. The molecule has 2 N–H and O–H groups in total. The number of hydrogen-bond acceptors (Lipinski definition) is 3. The third-order valence-corrected chi connectivity index (χ3v) is 4.66. The number of nitrogens with one attached hydrogen (secondary N) is 2. The van der Waals surface area contributed by atoms with Crippen LogP contribution in [0.25, 0.3) is 0 Å². The van der Waals surface area contributed by atoms with Crippen molar-refractivity contribution in [3.8, 4) is 0 Å². The van der Waals surface area contributed by atoms with Gasteiger partial charge >= 0.3 is 6.18 Å². The van der Waals surface area contributed by atoms with Crippen molar-refractivity contribution in [1.29, 1.82) is 0 Å². The second kappa shape index (κ2) is 6.52. The third kappa shape index (κ3) is 3.44. The van der Waals surface area contributed by atoms with Crippen molar-refractivity contribution < 1.29 is 23.1 Å². The van der Waals surface area contributed by atoms with Gasteiger partial charge in [0, 0.05) is 13.1 Å². The van der Waals surface area contributed by atoms with Gasteiger partial charge in [-0.05, 0) is 18.3 Å². The Kier molecular flexibility index (Phi) is 4.59. The highest BCUT2D eigenvalue weighted by Gasteiger charge is 2.38. The van der Waals surface area contributed by atoms with Crippen LogP contribution in [0.1, 0.15) is 5.82 Å². The van der Waals surface area contributed by atoms with Crippen LogP contribution in [-0.4, -0.2) is 40.5 Å². The number of pyridine rings is 1. The van der Waals surface area contributed by atoms with Crippen LogP contribution in [0.4, 0.5) is 19.0 Å². The van der Waals surface area contributed by atoms with Gasteiger partial charge < -0.3 is 4.90 Å². The summed E-state index contributed by atoms with van der Waals surface area (Å²) in [6.45, 7) is 3.60. The minimum Gasteiger partial charge on any atom is -0.310 e. The summed E-state index contributed by atoms with van der Waals surface area (Å²) in [5, 5.41) is 3.66. The fraction of sp³-hybridized carbons (Fsp3) is 0.500. The average Bonchev–Trinajstić information content (AvgIpc) is 2.85. The van der Waals surface area contributed by atoms with Crippen LogP contribution in [0, 0.1) is 4.77 Å². The minimum absolute atomic E-state index is 0.0913. The van der Waals surface area contributed by atoms with Crippen molar-refractivity contribution in [2.75, 3.05) is 31.1 Å². The van der Waals surface area contributed by atoms with E-state index in [4.69, 9.17) is 12.2 Å². The van der Waals surface area contributed by atoms with E-state index in [2.05, 4.69) is 15.0 Å². The van der Waals surface area contributed by atoms with Gasteiger partial charge in [-0.1, -0.05) is 6.07 Å². The summed E-state index contributed by atoms with van der Waals surface area (Å²) in [7, 11) is 1.30. The zero-order valence-corrected chi connectivity index (χ0v) is 14.0. The summed E-state index contributed by atoms with van der Waals surface area (Å²) >= 11 is 5.09. The van der Waals surface area contributed by atoms with Gasteiger partial charge in [-0.25, -0.2) is 4.98 Å². The van der Waals surface area contributed by atoms with E-state index in [1.807, 2.05) is 24.4 Å². The molecule has 0 radical (unpaired) electrons. The lowest BCUT2D eigenvalue weighted by atomic mass is 10.3. The van der Waals surface area contributed by atoms with Gasteiger partial charge in [-0.3, -0.25) is 9.47 Å². The van der Waals surface area contributed by atoms with Gasteiger partial charge in [-0.2, -0.15) is 17.9 Å². The largest absolute Gasteiger partial charge is 0.451 e. The van der Waals surface area contributed by atoms with Gasteiger partial charge in [0.25, 0.3) is 5.82 Å². The number of halogens is 3. The van der Waals surface area contributed by atoms with Gasteiger partial charge in [-0.15, -0.1) is 5.10 Å². The molecule has 3 heterocycles. The Morgan fingerprint density at radius 1 is 1.29 bits per heavy atom. The van der Waals surface area contributed by atoms with Crippen LogP contribution in [0.2, 0.25) is 0 Å². The van der Waals surface area contributed by atoms with Crippen LogP contribution < -0.4 is 14.8 Å². The molecule has 2 aromatic rings. The lowest BCUT2D eigenvalue weighted by Gasteiger charge is -2.27. The number of alkyl halides is 3. The smallest absolute Gasteiger partial charge is 0.310 e. The maximum atomic E-state index is 12.9. The standard InChI is InChI=1S/C14H17F3N6S/c1-20-12(14(15,16)17)19-23(13(20)24)10-21-6-8-22(9-7-21)11-4-2-3-5-18-11/h2-5H,6-10H2,1H3/p+2. The Morgan fingerprint density at radius 3 is 2.54 bits per heavy atom. The highest BCUT2D eigenvalue weighted by atomic mass is 32.1. The van der Waals surface area contributed by atoms with E-state index in [-0.39, 0.29) is 4.77 Å². The summed E-state index contributed by atoms with van der Waals surface area (Å²) < 4.78 is 41.0. The van der Waals surface area contributed by atoms with Gasteiger partial charge in [0.15, 0.2) is 6.67 Å². The second-order valence-electron chi connectivity index (χ2n) is 5.81. The molecule has 6 nitrogen and oxygen atoms in total. The predicted octanol–water partition coefficient (Wildman–Crippen LogP) is 0.147. The Bertz CT molecular complexity index is 746. The second-order valence-corrected chi connectivity index (χ2v) is 6.17. The molecule has 0 unspecified atom stereocenters. The molecule has 0 amide bonds. The molecule has 0 spiro atoms. The normalized spacial score (nSPS) is 16.6. The summed E-state index contributed by atoms with van der Waals surface area (Å²) in [5.74, 6) is 0.0924. The van der Waals surface area contributed by atoms with E-state index in [0.29, 0.717) is 6.67 Å². The third-order valence-electron chi connectivity index (χ3n) is 4.17. The van der Waals surface area contributed by atoms with Crippen LogP contribution in [0.15, 0.2) is 24.4 Å². The lowest BCUT2D eigenvalue weighted by Crippen LogP contribution is -3.14. The van der Waals surface area contributed by atoms with Crippen molar-refractivity contribution in [2.45, 2.75) is 12.8 Å². The van der Waals surface area contributed by atoms with Crippen LogP contribution >= 0.6 is 12.2 Å². The fourth-order valence-corrected chi connectivity index (χ4v) is 3.04. The van der Waals surface area contributed by atoms with Gasteiger partial charge in [0.2, 0.25) is 10.6 Å². The predicted molar refractivity (Wildman–Crippen MR) is 82.9 cm³/mol. The average molecular weight is 360 g/mol. The van der Waals surface area contributed by atoms with Crippen LogP contribution in [0.3, 0.4) is 0 Å². The molecule has 2 aromatic heterocycles. The first kappa shape index (κ1) is 16.9.